The van der Waals surface area contributed by atoms with Crippen LogP contribution in [0.1, 0.15) is 31.2 Å². The number of benzene rings is 1. The number of carboxylic acids is 1. The van der Waals surface area contributed by atoms with E-state index < -0.39 is 5.97 Å². The van der Waals surface area contributed by atoms with Crippen molar-refractivity contribution >= 4 is 11.9 Å². The van der Waals surface area contributed by atoms with Crippen LogP contribution in [0.15, 0.2) is 36.9 Å². The lowest BCUT2D eigenvalue weighted by atomic mass is 9.82. The molecule has 0 amide bonds. The minimum atomic E-state index is -0.764. The van der Waals surface area contributed by atoms with Crippen LogP contribution in [0.25, 0.3) is 0 Å². The largest absolute Gasteiger partial charge is 0.481 e. The molecule has 2 rings (SSSR count). The van der Waals surface area contributed by atoms with E-state index in [-0.39, 0.29) is 17.8 Å². The molecule has 1 saturated carbocycles. The molecule has 1 aromatic rings. The fraction of sp³-hybridized carbons (Fsp3) is 0.412. The zero-order valence-corrected chi connectivity index (χ0v) is 12.0. The maximum absolute atomic E-state index is 12.1. The summed E-state index contributed by atoms with van der Waals surface area (Å²) in [5.41, 5.74) is 1.12. The first-order valence-electron chi connectivity index (χ1n) is 7.24. The van der Waals surface area contributed by atoms with E-state index in [1.54, 1.807) is 12.1 Å². The summed E-state index contributed by atoms with van der Waals surface area (Å²) in [6, 6.07) is 7.37. The minimum Gasteiger partial charge on any atom is -0.481 e. The number of allylic oxidation sites excluding steroid dienone is 1. The summed E-state index contributed by atoms with van der Waals surface area (Å²) >= 11 is 0. The van der Waals surface area contributed by atoms with Crippen molar-refractivity contribution in [1.29, 1.82) is 0 Å². The Bertz CT molecular complexity index is 510. The Balaban J connectivity index is 1.87. The molecular formula is C17H20O4. The van der Waals surface area contributed by atoms with Crippen molar-refractivity contribution in [2.45, 2.75) is 32.1 Å². The Morgan fingerprint density at radius 2 is 1.71 bits per heavy atom. The molecule has 1 aliphatic carbocycles. The number of carbonyl (C=O) groups excluding carboxylic acids is 1. The van der Waals surface area contributed by atoms with Crippen molar-refractivity contribution in [1.82, 2.24) is 0 Å². The minimum absolute atomic E-state index is 0.187. The summed E-state index contributed by atoms with van der Waals surface area (Å²) < 4.78 is 5.37. The lowest BCUT2D eigenvalue weighted by Gasteiger charge is -2.24. The van der Waals surface area contributed by atoms with Crippen LogP contribution < -0.4 is 4.74 Å². The first-order valence-corrected chi connectivity index (χ1v) is 7.24. The molecular weight excluding hydrogens is 268 g/mol. The summed E-state index contributed by atoms with van der Waals surface area (Å²) in [7, 11) is 0. The molecule has 0 unspecified atom stereocenters. The first-order chi connectivity index (χ1) is 10.1. The second kappa shape index (κ2) is 7.07. The van der Waals surface area contributed by atoms with Crippen LogP contribution in [0.4, 0.5) is 0 Å². The highest BCUT2D eigenvalue weighted by atomic mass is 16.5. The molecule has 0 saturated heterocycles. The van der Waals surface area contributed by atoms with Crippen LogP contribution in [0.3, 0.4) is 0 Å². The number of hydrogen-bond donors (Lipinski definition) is 1. The number of rotatable bonds is 5. The van der Waals surface area contributed by atoms with Gasteiger partial charge in [-0.15, -0.1) is 6.58 Å². The number of aliphatic carboxylic acids is 1. The van der Waals surface area contributed by atoms with Crippen molar-refractivity contribution in [3.8, 4) is 5.75 Å². The fourth-order valence-corrected chi connectivity index (χ4v) is 2.64. The van der Waals surface area contributed by atoms with Crippen LogP contribution in [0, 0.1) is 11.8 Å². The molecule has 0 heterocycles. The van der Waals surface area contributed by atoms with E-state index in [4.69, 9.17) is 9.84 Å². The number of carbonyl (C=O) groups is 2. The first kappa shape index (κ1) is 15.3. The molecule has 1 fully saturated rings. The molecule has 0 aromatic heterocycles. The van der Waals surface area contributed by atoms with Gasteiger partial charge in [-0.1, -0.05) is 18.2 Å². The monoisotopic (exact) mass is 288 g/mol. The molecule has 0 atom stereocenters. The Kier molecular flexibility index (Phi) is 5.14. The SMILES string of the molecule is C=CCc1ccc(OC(=O)[C@H]2CC[C@H](C(=O)O)CC2)cc1. The van der Waals surface area contributed by atoms with E-state index in [1.807, 2.05) is 18.2 Å². The van der Waals surface area contributed by atoms with E-state index in [0.717, 1.165) is 12.0 Å². The fourth-order valence-electron chi connectivity index (χ4n) is 2.64. The van der Waals surface area contributed by atoms with Crippen molar-refractivity contribution in [3.05, 3.63) is 42.5 Å². The lowest BCUT2D eigenvalue weighted by molar-refractivity contribution is -0.146. The van der Waals surface area contributed by atoms with E-state index in [2.05, 4.69) is 6.58 Å². The summed E-state index contributed by atoms with van der Waals surface area (Å²) in [5, 5.41) is 8.94. The second-order valence-electron chi connectivity index (χ2n) is 5.44. The summed E-state index contributed by atoms with van der Waals surface area (Å²) in [6.45, 7) is 3.68. The van der Waals surface area contributed by atoms with Gasteiger partial charge >= 0.3 is 11.9 Å². The molecule has 112 valence electrons. The van der Waals surface area contributed by atoms with Crippen LogP contribution >= 0.6 is 0 Å². The van der Waals surface area contributed by atoms with E-state index in [1.165, 1.54) is 0 Å². The summed E-state index contributed by atoms with van der Waals surface area (Å²) in [6.07, 6.45) is 4.88. The summed E-state index contributed by atoms with van der Waals surface area (Å²) in [4.78, 5) is 23.0. The molecule has 1 N–H and O–H groups in total. The van der Waals surface area contributed by atoms with Gasteiger partial charge in [0.1, 0.15) is 5.75 Å². The molecule has 21 heavy (non-hydrogen) atoms. The maximum Gasteiger partial charge on any atom is 0.314 e. The average molecular weight is 288 g/mol. The second-order valence-corrected chi connectivity index (χ2v) is 5.44. The van der Waals surface area contributed by atoms with E-state index in [9.17, 15) is 9.59 Å². The van der Waals surface area contributed by atoms with Gasteiger partial charge in [0.15, 0.2) is 0 Å². The van der Waals surface area contributed by atoms with Gasteiger partial charge in [-0.2, -0.15) is 0 Å². The molecule has 0 bridgehead atoms. The van der Waals surface area contributed by atoms with Gasteiger partial charge in [0.05, 0.1) is 11.8 Å². The summed E-state index contributed by atoms with van der Waals surface area (Å²) in [5.74, 6) is -0.983. The van der Waals surface area contributed by atoms with Gasteiger partial charge in [0.2, 0.25) is 0 Å². The smallest absolute Gasteiger partial charge is 0.314 e. The zero-order valence-electron chi connectivity index (χ0n) is 12.0. The molecule has 1 aromatic carbocycles. The lowest BCUT2D eigenvalue weighted by Crippen LogP contribution is -2.28. The predicted octanol–water partition coefficient (Wildman–Crippen LogP) is 3.21. The average Bonchev–Trinajstić information content (AvgIpc) is 2.49. The standard InChI is InChI=1S/C17H20O4/c1-2-3-12-4-10-15(11-5-12)21-17(20)14-8-6-13(7-9-14)16(18)19/h2,4-5,10-11,13-14H,1,3,6-9H2,(H,18,19)/t13-,14-. The van der Waals surface area contributed by atoms with E-state index in [0.29, 0.717) is 31.4 Å². The Morgan fingerprint density at radius 3 is 2.24 bits per heavy atom. The number of hydrogen-bond acceptors (Lipinski definition) is 3. The third-order valence-electron chi connectivity index (χ3n) is 3.93. The quantitative estimate of drug-likeness (QED) is 0.513. The number of carboxylic acid groups (broad SMARTS) is 1. The highest BCUT2D eigenvalue weighted by Crippen LogP contribution is 2.30. The van der Waals surface area contributed by atoms with Gasteiger partial charge in [-0.25, -0.2) is 0 Å². The highest BCUT2D eigenvalue weighted by molar-refractivity contribution is 5.76. The molecule has 1 aliphatic rings. The third-order valence-corrected chi connectivity index (χ3v) is 3.93. The van der Waals surface area contributed by atoms with E-state index >= 15 is 0 Å². The van der Waals surface area contributed by atoms with Crippen LogP contribution in [0.5, 0.6) is 5.75 Å². The normalized spacial score (nSPS) is 21.5. The van der Waals surface area contributed by atoms with Gasteiger partial charge in [0, 0.05) is 0 Å². The molecule has 0 spiro atoms. The van der Waals surface area contributed by atoms with Gasteiger partial charge in [-0.3, -0.25) is 9.59 Å². The third kappa shape index (κ3) is 4.18. The number of esters is 1. The molecule has 4 nitrogen and oxygen atoms in total. The van der Waals surface area contributed by atoms with Crippen molar-refractivity contribution < 1.29 is 19.4 Å². The van der Waals surface area contributed by atoms with Crippen LogP contribution in [0.2, 0.25) is 0 Å². The highest BCUT2D eigenvalue weighted by Gasteiger charge is 2.30. The Labute approximate surface area is 124 Å². The zero-order chi connectivity index (χ0) is 15.2. The van der Waals surface area contributed by atoms with Gasteiger partial charge in [-0.05, 0) is 49.8 Å². The topological polar surface area (TPSA) is 63.6 Å². The van der Waals surface area contributed by atoms with Crippen LogP contribution in [-0.4, -0.2) is 17.0 Å². The molecule has 4 heteroatoms. The Morgan fingerprint density at radius 1 is 1.14 bits per heavy atom. The van der Waals surface area contributed by atoms with Gasteiger partial charge in [0.25, 0.3) is 0 Å². The van der Waals surface area contributed by atoms with Gasteiger partial charge < -0.3 is 9.84 Å². The maximum atomic E-state index is 12.1. The predicted molar refractivity (Wildman–Crippen MR) is 79.1 cm³/mol. The van der Waals surface area contributed by atoms with Crippen molar-refractivity contribution in [3.63, 3.8) is 0 Å². The number of ether oxygens (including phenoxy) is 1. The Hall–Kier alpha value is -2.10. The van der Waals surface area contributed by atoms with Crippen LogP contribution in [-0.2, 0) is 16.0 Å². The molecule has 0 aliphatic heterocycles. The van der Waals surface area contributed by atoms with Crippen molar-refractivity contribution in [2.75, 3.05) is 0 Å². The molecule has 0 radical (unpaired) electrons. The van der Waals surface area contributed by atoms with Crippen molar-refractivity contribution in [2.24, 2.45) is 11.8 Å².